The summed E-state index contributed by atoms with van der Waals surface area (Å²) in [4.78, 5) is 15.6. The number of rotatable bonds is 3. The van der Waals surface area contributed by atoms with E-state index >= 15 is 0 Å². The van der Waals surface area contributed by atoms with Crippen LogP contribution < -0.4 is 0 Å². The molecule has 1 heterocycles. The number of halogens is 1. The van der Waals surface area contributed by atoms with Crippen molar-refractivity contribution in [2.45, 2.75) is 13.8 Å². The van der Waals surface area contributed by atoms with E-state index < -0.39 is 5.97 Å². The predicted octanol–water partition coefficient (Wildman–Crippen LogP) is 2.72. The highest BCUT2D eigenvalue weighted by molar-refractivity contribution is 9.10. The second kappa shape index (κ2) is 5.30. The van der Waals surface area contributed by atoms with Gasteiger partial charge in [-0.3, -0.25) is 5.10 Å². The first-order valence-electron chi connectivity index (χ1n) is 5.48. The quantitative estimate of drug-likeness (QED) is 0.885. The molecule has 1 N–H and O–H groups in total. The van der Waals surface area contributed by atoms with Crippen LogP contribution in [0.3, 0.4) is 0 Å². The largest absolute Gasteiger partial charge is 0.460 e. The minimum Gasteiger partial charge on any atom is -0.460 e. The van der Waals surface area contributed by atoms with Crippen molar-refractivity contribution in [3.8, 4) is 11.4 Å². The first kappa shape index (κ1) is 12.8. The van der Waals surface area contributed by atoms with Crippen LogP contribution in [0.25, 0.3) is 11.4 Å². The molecule has 0 radical (unpaired) electrons. The Hall–Kier alpha value is -1.69. The molecular formula is C12H12BrN3O2. The lowest BCUT2D eigenvalue weighted by Gasteiger charge is -2.02. The average Bonchev–Trinajstić information content (AvgIpc) is 2.82. The van der Waals surface area contributed by atoms with Gasteiger partial charge in [-0.05, 0) is 25.5 Å². The summed E-state index contributed by atoms with van der Waals surface area (Å²) >= 11 is 3.45. The van der Waals surface area contributed by atoms with Gasteiger partial charge < -0.3 is 4.74 Å². The molecule has 0 amide bonds. The maximum absolute atomic E-state index is 11.5. The molecule has 0 spiro atoms. The van der Waals surface area contributed by atoms with E-state index in [1.807, 2.05) is 25.1 Å². The molecule has 5 nitrogen and oxygen atoms in total. The zero-order valence-electron chi connectivity index (χ0n) is 10.0. The summed E-state index contributed by atoms with van der Waals surface area (Å²) in [5.41, 5.74) is 1.89. The van der Waals surface area contributed by atoms with Gasteiger partial charge in [0.05, 0.1) is 6.61 Å². The van der Waals surface area contributed by atoms with Crippen molar-refractivity contribution >= 4 is 21.9 Å². The topological polar surface area (TPSA) is 67.9 Å². The van der Waals surface area contributed by atoms with Gasteiger partial charge in [-0.15, -0.1) is 0 Å². The van der Waals surface area contributed by atoms with Crippen LogP contribution in [0.1, 0.15) is 23.1 Å². The van der Waals surface area contributed by atoms with Crippen molar-refractivity contribution in [3.05, 3.63) is 34.1 Å². The van der Waals surface area contributed by atoms with E-state index in [1.165, 1.54) is 0 Å². The van der Waals surface area contributed by atoms with Crippen LogP contribution in [0.2, 0.25) is 0 Å². The van der Waals surface area contributed by atoms with Gasteiger partial charge in [0.25, 0.3) is 0 Å². The molecule has 0 aliphatic rings. The third kappa shape index (κ3) is 2.43. The molecule has 2 aromatic rings. The highest BCUT2D eigenvalue weighted by Gasteiger charge is 2.15. The maximum atomic E-state index is 11.5. The van der Waals surface area contributed by atoms with Crippen molar-refractivity contribution in [2.75, 3.05) is 6.61 Å². The van der Waals surface area contributed by atoms with E-state index in [1.54, 1.807) is 6.92 Å². The number of H-pyrrole nitrogens is 1. The van der Waals surface area contributed by atoms with Crippen LogP contribution in [0.5, 0.6) is 0 Å². The fourth-order valence-electron chi connectivity index (χ4n) is 1.52. The van der Waals surface area contributed by atoms with Crippen LogP contribution in [0.15, 0.2) is 22.7 Å². The molecule has 94 valence electrons. The van der Waals surface area contributed by atoms with Crippen molar-refractivity contribution in [2.24, 2.45) is 0 Å². The number of carbonyl (C=O) groups excluding carboxylic acids is 1. The maximum Gasteiger partial charge on any atom is 0.375 e. The number of carbonyl (C=O) groups is 1. The lowest BCUT2D eigenvalue weighted by Crippen LogP contribution is -2.06. The van der Waals surface area contributed by atoms with Crippen molar-refractivity contribution in [1.82, 2.24) is 15.2 Å². The summed E-state index contributed by atoms with van der Waals surface area (Å²) in [6, 6.07) is 5.74. The SMILES string of the molecule is CCOC(=O)c1nc(-c2cccc(Br)c2C)n[nH]1. The number of ether oxygens (including phenoxy) is 1. The zero-order chi connectivity index (χ0) is 13.1. The fraction of sp³-hybridized carbons (Fsp3) is 0.250. The van der Waals surface area contributed by atoms with E-state index in [4.69, 9.17) is 4.74 Å². The Balaban J connectivity index is 2.35. The van der Waals surface area contributed by atoms with Gasteiger partial charge in [0.15, 0.2) is 5.82 Å². The van der Waals surface area contributed by atoms with Crippen LogP contribution in [0.4, 0.5) is 0 Å². The molecular weight excluding hydrogens is 298 g/mol. The van der Waals surface area contributed by atoms with E-state index in [2.05, 4.69) is 31.1 Å². The summed E-state index contributed by atoms with van der Waals surface area (Å²) in [6.45, 7) is 4.01. The third-order valence-electron chi connectivity index (χ3n) is 2.46. The summed E-state index contributed by atoms with van der Waals surface area (Å²) in [6.07, 6.45) is 0. The van der Waals surface area contributed by atoms with Gasteiger partial charge in [-0.2, -0.15) is 5.10 Å². The second-order valence-corrected chi connectivity index (χ2v) is 4.49. The Kier molecular flexibility index (Phi) is 3.76. The normalized spacial score (nSPS) is 10.4. The Bertz CT molecular complexity index is 580. The van der Waals surface area contributed by atoms with Gasteiger partial charge in [0.2, 0.25) is 5.82 Å². The van der Waals surface area contributed by atoms with E-state index in [9.17, 15) is 4.79 Å². The number of benzene rings is 1. The third-order valence-corrected chi connectivity index (χ3v) is 3.32. The highest BCUT2D eigenvalue weighted by atomic mass is 79.9. The van der Waals surface area contributed by atoms with Crippen LogP contribution in [0, 0.1) is 6.92 Å². The molecule has 1 aromatic carbocycles. The Labute approximate surface area is 113 Å². The van der Waals surface area contributed by atoms with Crippen LogP contribution >= 0.6 is 15.9 Å². The molecule has 6 heteroatoms. The zero-order valence-corrected chi connectivity index (χ0v) is 11.6. The molecule has 0 saturated carbocycles. The number of esters is 1. The van der Waals surface area contributed by atoms with Crippen molar-refractivity contribution in [3.63, 3.8) is 0 Å². The first-order chi connectivity index (χ1) is 8.63. The first-order valence-corrected chi connectivity index (χ1v) is 6.27. The number of hydrogen-bond donors (Lipinski definition) is 1. The van der Waals surface area contributed by atoms with Gasteiger partial charge in [-0.1, -0.05) is 28.1 Å². The lowest BCUT2D eigenvalue weighted by atomic mass is 10.1. The Morgan fingerprint density at radius 2 is 2.28 bits per heavy atom. The Morgan fingerprint density at radius 1 is 1.50 bits per heavy atom. The molecule has 0 atom stereocenters. The minimum absolute atomic E-state index is 0.117. The number of nitrogens with one attached hydrogen (secondary N) is 1. The Morgan fingerprint density at radius 3 is 3.00 bits per heavy atom. The standard InChI is InChI=1S/C12H12BrN3O2/c1-3-18-12(17)11-14-10(15-16-11)8-5-4-6-9(13)7(8)2/h4-6H,3H2,1-2H3,(H,14,15,16). The van der Waals surface area contributed by atoms with Crippen molar-refractivity contribution < 1.29 is 9.53 Å². The van der Waals surface area contributed by atoms with Gasteiger partial charge in [0.1, 0.15) is 0 Å². The summed E-state index contributed by atoms with van der Waals surface area (Å²) < 4.78 is 5.82. The number of aromatic amines is 1. The number of aromatic nitrogens is 3. The van der Waals surface area contributed by atoms with Crippen LogP contribution in [-0.2, 0) is 4.74 Å². The summed E-state index contributed by atoms with van der Waals surface area (Å²) in [7, 11) is 0. The average molecular weight is 310 g/mol. The summed E-state index contributed by atoms with van der Waals surface area (Å²) in [5, 5.41) is 6.62. The fourth-order valence-corrected chi connectivity index (χ4v) is 1.89. The number of nitrogens with zero attached hydrogens (tertiary/aromatic N) is 2. The van der Waals surface area contributed by atoms with Crippen LogP contribution in [-0.4, -0.2) is 27.8 Å². The molecule has 0 bridgehead atoms. The number of hydrogen-bond acceptors (Lipinski definition) is 4. The summed E-state index contributed by atoms with van der Waals surface area (Å²) in [5.74, 6) is 0.104. The molecule has 0 aliphatic carbocycles. The van der Waals surface area contributed by atoms with Gasteiger partial charge >= 0.3 is 5.97 Å². The molecule has 0 aliphatic heterocycles. The van der Waals surface area contributed by atoms with Gasteiger partial charge in [0, 0.05) is 10.0 Å². The van der Waals surface area contributed by atoms with E-state index in [0.29, 0.717) is 12.4 Å². The molecule has 0 unspecified atom stereocenters. The molecule has 1 aromatic heterocycles. The molecule has 18 heavy (non-hydrogen) atoms. The monoisotopic (exact) mass is 309 g/mol. The van der Waals surface area contributed by atoms with Gasteiger partial charge in [-0.25, -0.2) is 9.78 Å². The minimum atomic E-state index is -0.496. The predicted molar refractivity (Wildman–Crippen MR) is 70.2 cm³/mol. The second-order valence-electron chi connectivity index (χ2n) is 3.64. The highest BCUT2D eigenvalue weighted by Crippen LogP contribution is 2.26. The smallest absolute Gasteiger partial charge is 0.375 e. The van der Waals surface area contributed by atoms with E-state index in [-0.39, 0.29) is 5.82 Å². The molecule has 0 saturated heterocycles. The molecule has 0 fully saturated rings. The molecule has 2 rings (SSSR count). The van der Waals surface area contributed by atoms with Crippen molar-refractivity contribution in [1.29, 1.82) is 0 Å². The van der Waals surface area contributed by atoms with E-state index in [0.717, 1.165) is 15.6 Å². The lowest BCUT2D eigenvalue weighted by molar-refractivity contribution is 0.0512.